The Balaban J connectivity index is 2.12. The summed E-state index contributed by atoms with van der Waals surface area (Å²) in [5.41, 5.74) is 0.991. The Morgan fingerprint density at radius 2 is 1.90 bits per heavy atom. The largest absolute Gasteiger partial charge is 0.313 e. The summed E-state index contributed by atoms with van der Waals surface area (Å²) in [6.07, 6.45) is 2.23. The van der Waals surface area contributed by atoms with Gasteiger partial charge >= 0.3 is 0 Å². The van der Waals surface area contributed by atoms with Gasteiger partial charge in [0.1, 0.15) is 0 Å². The molecular formula is C16H26N2O2S. The first kappa shape index (κ1) is 16.5. The van der Waals surface area contributed by atoms with Crippen LogP contribution in [0, 0.1) is 11.3 Å². The number of benzene rings is 1. The molecule has 1 aliphatic rings. The lowest BCUT2D eigenvalue weighted by molar-refractivity contribution is 0.357. The molecule has 0 radical (unpaired) electrons. The molecule has 1 saturated carbocycles. The first-order valence-electron chi connectivity index (χ1n) is 7.69. The number of rotatable bonds is 8. The van der Waals surface area contributed by atoms with Crippen LogP contribution in [-0.2, 0) is 16.6 Å². The summed E-state index contributed by atoms with van der Waals surface area (Å²) in [6, 6.07) is 7.21. The van der Waals surface area contributed by atoms with E-state index in [9.17, 15) is 8.42 Å². The van der Waals surface area contributed by atoms with Gasteiger partial charge in [-0.05, 0) is 42.3 Å². The molecule has 1 aromatic carbocycles. The van der Waals surface area contributed by atoms with Crippen LogP contribution in [0.5, 0.6) is 0 Å². The van der Waals surface area contributed by atoms with Crippen molar-refractivity contribution in [1.29, 1.82) is 0 Å². The van der Waals surface area contributed by atoms with E-state index >= 15 is 0 Å². The fraction of sp³-hybridized carbons (Fsp3) is 0.625. The van der Waals surface area contributed by atoms with E-state index in [4.69, 9.17) is 0 Å². The van der Waals surface area contributed by atoms with E-state index in [0.29, 0.717) is 23.9 Å². The van der Waals surface area contributed by atoms with E-state index in [0.717, 1.165) is 24.9 Å². The van der Waals surface area contributed by atoms with Crippen molar-refractivity contribution in [3.63, 3.8) is 0 Å². The molecule has 0 aliphatic heterocycles. The molecule has 0 spiro atoms. The van der Waals surface area contributed by atoms with Crippen molar-refractivity contribution in [1.82, 2.24) is 10.0 Å². The van der Waals surface area contributed by atoms with Gasteiger partial charge in [-0.25, -0.2) is 13.1 Å². The Morgan fingerprint density at radius 3 is 2.48 bits per heavy atom. The lowest BCUT2D eigenvalue weighted by Gasteiger charge is -2.20. The fourth-order valence-electron chi connectivity index (χ4n) is 2.61. The van der Waals surface area contributed by atoms with E-state index < -0.39 is 10.0 Å². The maximum Gasteiger partial charge on any atom is 0.240 e. The van der Waals surface area contributed by atoms with Gasteiger partial charge in [0.05, 0.1) is 4.90 Å². The van der Waals surface area contributed by atoms with Crippen LogP contribution in [0.2, 0.25) is 0 Å². The van der Waals surface area contributed by atoms with E-state index in [-0.39, 0.29) is 5.41 Å². The second-order valence-electron chi connectivity index (χ2n) is 6.23. The highest BCUT2D eigenvalue weighted by molar-refractivity contribution is 7.89. The quantitative estimate of drug-likeness (QED) is 0.775. The molecule has 2 rings (SSSR count). The zero-order valence-corrected chi connectivity index (χ0v) is 14.0. The first-order chi connectivity index (χ1) is 9.91. The van der Waals surface area contributed by atoms with Gasteiger partial charge in [0, 0.05) is 13.1 Å². The molecule has 0 bridgehead atoms. The number of nitrogens with one attached hydrogen (secondary N) is 2. The molecule has 5 heteroatoms. The van der Waals surface area contributed by atoms with Crippen molar-refractivity contribution in [2.45, 2.75) is 45.1 Å². The lowest BCUT2D eigenvalue weighted by Crippen LogP contribution is -2.33. The molecule has 0 atom stereocenters. The Morgan fingerprint density at radius 1 is 1.24 bits per heavy atom. The number of hydrogen-bond acceptors (Lipinski definition) is 3. The minimum absolute atomic E-state index is 0.170. The van der Waals surface area contributed by atoms with Crippen molar-refractivity contribution in [2.75, 3.05) is 13.1 Å². The third kappa shape index (κ3) is 3.84. The molecule has 1 aromatic rings. The summed E-state index contributed by atoms with van der Waals surface area (Å²) in [6.45, 7) is 8.28. The van der Waals surface area contributed by atoms with Gasteiger partial charge in [-0.15, -0.1) is 0 Å². The van der Waals surface area contributed by atoms with Crippen molar-refractivity contribution >= 4 is 10.0 Å². The molecule has 0 saturated heterocycles. The maximum atomic E-state index is 12.6. The molecule has 1 aliphatic carbocycles. The van der Waals surface area contributed by atoms with E-state index in [2.05, 4.69) is 23.9 Å². The minimum Gasteiger partial charge on any atom is -0.313 e. The summed E-state index contributed by atoms with van der Waals surface area (Å²) < 4.78 is 28.0. The van der Waals surface area contributed by atoms with Gasteiger partial charge in [-0.1, -0.05) is 39.0 Å². The van der Waals surface area contributed by atoms with Crippen molar-refractivity contribution in [2.24, 2.45) is 11.3 Å². The lowest BCUT2D eigenvalue weighted by atomic mass is 9.93. The molecule has 0 heterocycles. The smallest absolute Gasteiger partial charge is 0.240 e. The van der Waals surface area contributed by atoms with Crippen LogP contribution in [0.25, 0.3) is 0 Å². The van der Waals surface area contributed by atoms with Crippen LogP contribution < -0.4 is 10.0 Å². The van der Waals surface area contributed by atoms with Crippen LogP contribution >= 0.6 is 0 Å². The molecular weight excluding hydrogens is 284 g/mol. The molecule has 21 heavy (non-hydrogen) atoms. The Kier molecular flexibility index (Phi) is 5.07. The van der Waals surface area contributed by atoms with E-state index in [1.165, 1.54) is 0 Å². The van der Waals surface area contributed by atoms with Crippen LogP contribution in [0.15, 0.2) is 29.2 Å². The third-order valence-electron chi connectivity index (χ3n) is 4.56. The number of hydrogen-bond donors (Lipinski definition) is 2. The fourth-order valence-corrected chi connectivity index (χ4v) is 3.98. The molecule has 1 fully saturated rings. The minimum atomic E-state index is -3.44. The first-order valence-corrected chi connectivity index (χ1v) is 9.18. The van der Waals surface area contributed by atoms with Crippen LogP contribution in [0.3, 0.4) is 0 Å². The Hall–Kier alpha value is -0.910. The predicted octanol–water partition coefficient (Wildman–Crippen LogP) is 2.51. The zero-order valence-electron chi connectivity index (χ0n) is 13.1. The van der Waals surface area contributed by atoms with E-state index in [1.807, 2.05) is 19.1 Å². The van der Waals surface area contributed by atoms with Gasteiger partial charge in [-0.3, -0.25) is 0 Å². The monoisotopic (exact) mass is 310 g/mol. The highest BCUT2D eigenvalue weighted by Gasteiger charge is 2.45. The van der Waals surface area contributed by atoms with Crippen molar-refractivity contribution in [3.8, 4) is 0 Å². The van der Waals surface area contributed by atoms with E-state index in [1.54, 1.807) is 12.1 Å². The Bertz CT molecular complexity index is 578. The average Bonchev–Trinajstić information content (AvgIpc) is 3.25. The molecule has 0 aromatic heterocycles. The Labute approximate surface area is 128 Å². The summed E-state index contributed by atoms with van der Waals surface area (Å²) in [7, 11) is -3.44. The van der Waals surface area contributed by atoms with Gasteiger partial charge in [0.2, 0.25) is 10.0 Å². The standard InChI is InChI=1S/C16H26N2O2S/c1-4-17-11-14-7-5-6-8-15(14)21(19,20)18-12-16(9-10-16)13(2)3/h5-8,13,17-18H,4,9-12H2,1-3H3. The van der Waals surface area contributed by atoms with Crippen LogP contribution in [0.1, 0.15) is 39.2 Å². The SMILES string of the molecule is CCNCc1ccccc1S(=O)(=O)NCC1(C(C)C)CC1. The molecule has 0 unspecified atom stereocenters. The van der Waals surface area contributed by atoms with Crippen LogP contribution in [-0.4, -0.2) is 21.5 Å². The predicted molar refractivity (Wildman–Crippen MR) is 85.5 cm³/mol. The molecule has 0 amide bonds. The number of sulfonamides is 1. The topological polar surface area (TPSA) is 58.2 Å². The van der Waals surface area contributed by atoms with Crippen molar-refractivity contribution < 1.29 is 8.42 Å². The summed E-state index contributed by atoms with van der Waals surface area (Å²) in [5, 5.41) is 3.19. The zero-order chi connectivity index (χ0) is 15.5. The van der Waals surface area contributed by atoms with Crippen molar-refractivity contribution in [3.05, 3.63) is 29.8 Å². The molecule has 2 N–H and O–H groups in total. The van der Waals surface area contributed by atoms with Gasteiger partial charge < -0.3 is 5.32 Å². The van der Waals surface area contributed by atoms with Crippen LogP contribution in [0.4, 0.5) is 0 Å². The second-order valence-corrected chi connectivity index (χ2v) is 7.97. The van der Waals surface area contributed by atoms with Gasteiger partial charge in [0.15, 0.2) is 0 Å². The third-order valence-corrected chi connectivity index (χ3v) is 6.06. The van der Waals surface area contributed by atoms with Gasteiger partial charge in [-0.2, -0.15) is 0 Å². The molecule has 118 valence electrons. The normalized spacial score (nSPS) is 17.1. The second kappa shape index (κ2) is 6.46. The highest BCUT2D eigenvalue weighted by atomic mass is 32.2. The highest BCUT2D eigenvalue weighted by Crippen LogP contribution is 2.51. The molecule has 4 nitrogen and oxygen atoms in total. The summed E-state index contributed by atoms with van der Waals surface area (Å²) in [4.78, 5) is 0.394. The summed E-state index contributed by atoms with van der Waals surface area (Å²) in [5.74, 6) is 0.511. The average molecular weight is 310 g/mol. The van der Waals surface area contributed by atoms with Gasteiger partial charge in [0.25, 0.3) is 0 Å². The maximum absolute atomic E-state index is 12.6. The summed E-state index contributed by atoms with van der Waals surface area (Å²) >= 11 is 0.